The van der Waals surface area contributed by atoms with Gasteiger partial charge in [-0.15, -0.1) is 0 Å². The van der Waals surface area contributed by atoms with Crippen molar-refractivity contribution >= 4 is 11.6 Å². The maximum Gasteiger partial charge on any atom is 0.250 e. The molecule has 0 heterocycles. The van der Waals surface area contributed by atoms with E-state index in [0.29, 0.717) is 35.7 Å². The third-order valence-corrected chi connectivity index (χ3v) is 2.86. The van der Waals surface area contributed by atoms with Crippen LogP contribution in [0, 0.1) is 11.3 Å². The lowest BCUT2D eigenvalue weighted by molar-refractivity contribution is 0.100. The number of nitriles is 1. The van der Waals surface area contributed by atoms with Gasteiger partial charge in [-0.2, -0.15) is 5.26 Å². The molecule has 0 radical (unpaired) electrons. The number of hydrogen-bond donors (Lipinski definition) is 2. The first-order valence-electron chi connectivity index (χ1n) is 6.46. The van der Waals surface area contributed by atoms with Crippen molar-refractivity contribution in [2.45, 2.75) is 0 Å². The summed E-state index contributed by atoms with van der Waals surface area (Å²) in [5.74, 6) is 0.227. The summed E-state index contributed by atoms with van der Waals surface area (Å²) in [4.78, 5) is 11.3. The largest absolute Gasteiger partial charge is 0.492 e. The summed E-state index contributed by atoms with van der Waals surface area (Å²) >= 11 is 0. The number of nitrogens with two attached hydrogens (primary N) is 1. The smallest absolute Gasteiger partial charge is 0.250 e. The minimum Gasteiger partial charge on any atom is -0.492 e. The summed E-state index contributed by atoms with van der Waals surface area (Å²) in [7, 11) is 0. The van der Waals surface area contributed by atoms with Crippen LogP contribution in [0.2, 0.25) is 0 Å². The fourth-order valence-electron chi connectivity index (χ4n) is 1.83. The fourth-order valence-corrected chi connectivity index (χ4v) is 1.83. The Bertz CT molecular complexity index is 660. The highest BCUT2D eigenvalue weighted by Gasteiger charge is 2.05. The lowest BCUT2D eigenvalue weighted by atomic mass is 10.1. The molecule has 0 aliphatic rings. The van der Waals surface area contributed by atoms with E-state index < -0.39 is 5.91 Å². The van der Waals surface area contributed by atoms with Gasteiger partial charge in [0.15, 0.2) is 0 Å². The molecule has 0 saturated heterocycles. The standard InChI is InChI=1S/C16H15N3O2/c17-11-12-5-7-13(8-6-12)21-10-9-19-15-4-2-1-3-14(15)16(18)20/h1-8,19H,9-10H2,(H2,18,20). The number of rotatable bonds is 6. The van der Waals surface area contributed by atoms with E-state index in [1.165, 1.54) is 0 Å². The van der Waals surface area contributed by atoms with Gasteiger partial charge < -0.3 is 15.8 Å². The van der Waals surface area contributed by atoms with Crippen molar-refractivity contribution in [2.24, 2.45) is 5.73 Å². The van der Waals surface area contributed by atoms with Crippen molar-refractivity contribution in [3.8, 4) is 11.8 Å². The Kier molecular flexibility index (Phi) is 4.78. The molecule has 0 saturated carbocycles. The summed E-state index contributed by atoms with van der Waals surface area (Å²) in [6, 6.07) is 16.0. The number of benzene rings is 2. The van der Waals surface area contributed by atoms with Gasteiger partial charge in [-0.3, -0.25) is 4.79 Å². The number of ether oxygens (including phenoxy) is 1. The van der Waals surface area contributed by atoms with E-state index in [2.05, 4.69) is 5.32 Å². The highest BCUT2D eigenvalue weighted by Crippen LogP contribution is 2.14. The van der Waals surface area contributed by atoms with Crippen molar-refractivity contribution in [1.82, 2.24) is 0 Å². The SMILES string of the molecule is N#Cc1ccc(OCCNc2ccccc2C(N)=O)cc1. The highest BCUT2D eigenvalue weighted by atomic mass is 16.5. The molecule has 0 bridgehead atoms. The van der Waals surface area contributed by atoms with Gasteiger partial charge in [0.05, 0.1) is 17.2 Å². The molecule has 0 fully saturated rings. The Morgan fingerprint density at radius 1 is 1.19 bits per heavy atom. The summed E-state index contributed by atoms with van der Waals surface area (Å²) < 4.78 is 5.54. The first-order chi connectivity index (χ1) is 10.2. The van der Waals surface area contributed by atoms with E-state index >= 15 is 0 Å². The number of hydrogen-bond acceptors (Lipinski definition) is 4. The van der Waals surface area contributed by atoms with Crippen LogP contribution in [0.25, 0.3) is 0 Å². The fraction of sp³-hybridized carbons (Fsp3) is 0.125. The minimum atomic E-state index is -0.467. The predicted molar refractivity (Wildman–Crippen MR) is 80.1 cm³/mol. The summed E-state index contributed by atoms with van der Waals surface area (Å²) in [6.45, 7) is 0.962. The van der Waals surface area contributed by atoms with E-state index in [1.54, 1.807) is 42.5 Å². The zero-order valence-corrected chi connectivity index (χ0v) is 11.4. The number of nitrogens with zero attached hydrogens (tertiary/aromatic N) is 1. The second kappa shape index (κ2) is 6.96. The molecule has 0 unspecified atom stereocenters. The molecule has 5 nitrogen and oxygen atoms in total. The quantitative estimate of drug-likeness (QED) is 0.794. The second-order valence-electron chi connectivity index (χ2n) is 4.32. The zero-order chi connectivity index (χ0) is 15.1. The number of primary amides is 1. The van der Waals surface area contributed by atoms with Crippen LogP contribution in [0.15, 0.2) is 48.5 Å². The van der Waals surface area contributed by atoms with Crippen LogP contribution in [-0.2, 0) is 0 Å². The van der Waals surface area contributed by atoms with Crippen LogP contribution in [0.3, 0.4) is 0 Å². The lowest BCUT2D eigenvalue weighted by Crippen LogP contribution is -2.17. The Hall–Kier alpha value is -3.00. The molecule has 2 rings (SSSR count). The van der Waals surface area contributed by atoms with Crippen molar-refractivity contribution < 1.29 is 9.53 Å². The predicted octanol–water partition coefficient (Wildman–Crippen LogP) is 2.15. The van der Waals surface area contributed by atoms with Crippen molar-refractivity contribution in [2.75, 3.05) is 18.5 Å². The molecule has 0 aliphatic heterocycles. The Morgan fingerprint density at radius 2 is 1.90 bits per heavy atom. The van der Waals surface area contributed by atoms with Crippen LogP contribution in [0.5, 0.6) is 5.75 Å². The van der Waals surface area contributed by atoms with E-state index in [9.17, 15) is 4.79 Å². The summed E-state index contributed by atoms with van der Waals surface area (Å²) in [6.07, 6.45) is 0. The first kappa shape index (κ1) is 14.4. The molecule has 1 amide bonds. The van der Waals surface area contributed by atoms with Crippen LogP contribution >= 0.6 is 0 Å². The molecule has 2 aromatic rings. The monoisotopic (exact) mass is 281 g/mol. The van der Waals surface area contributed by atoms with E-state index in [-0.39, 0.29) is 0 Å². The molecule has 0 spiro atoms. The van der Waals surface area contributed by atoms with E-state index in [4.69, 9.17) is 15.7 Å². The number of anilines is 1. The van der Waals surface area contributed by atoms with Gasteiger partial charge in [0.25, 0.3) is 5.91 Å². The lowest BCUT2D eigenvalue weighted by Gasteiger charge is -2.11. The average molecular weight is 281 g/mol. The number of carbonyl (C=O) groups excluding carboxylic acids is 1. The van der Waals surface area contributed by atoms with Gasteiger partial charge in [-0.1, -0.05) is 12.1 Å². The molecule has 2 aromatic carbocycles. The van der Waals surface area contributed by atoms with Crippen molar-refractivity contribution in [3.63, 3.8) is 0 Å². The zero-order valence-electron chi connectivity index (χ0n) is 11.4. The highest BCUT2D eigenvalue weighted by molar-refractivity contribution is 5.98. The molecule has 0 aromatic heterocycles. The Morgan fingerprint density at radius 3 is 2.57 bits per heavy atom. The molecule has 106 valence electrons. The number of amides is 1. The van der Waals surface area contributed by atoms with Gasteiger partial charge in [0.1, 0.15) is 12.4 Å². The topological polar surface area (TPSA) is 88.1 Å². The first-order valence-corrected chi connectivity index (χ1v) is 6.46. The molecule has 3 N–H and O–H groups in total. The maximum atomic E-state index is 11.3. The normalized spacial score (nSPS) is 9.67. The summed E-state index contributed by atoms with van der Waals surface area (Å²) in [5, 5.41) is 11.8. The van der Waals surface area contributed by atoms with E-state index in [0.717, 1.165) is 0 Å². The maximum absolute atomic E-state index is 11.3. The molecule has 5 heteroatoms. The van der Waals surface area contributed by atoms with Gasteiger partial charge >= 0.3 is 0 Å². The molecular formula is C16H15N3O2. The number of para-hydroxylation sites is 1. The van der Waals surface area contributed by atoms with Gasteiger partial charge in [-0.25, -0.2) is 0 Å². The third kappa shape index (κ3) is 3.98. The van der Waals surface area contributed by atoms with Crippen molar-refractivity contribution in [3.05, 3.63) is 59.7 Å². The Labute approximate surface area is 123 Å². The van der Waals surface area contributed by atoms with Crippen molar-refractivity contribution in [1.29, 1.82) is 5.26 Å². The average Bonchev–Trinajstić information content (AvgIpc) is 2.52. The minimum absolute atomic E-state index is 0.430. The molecule has 0 aliphatic carbocycles. The van der Waals surface area contributed by atoms with Gasteiger partial charge in [0.2, 0.25) is 0 Å². The molecule has 0 atom stereocenters. The number of nitrogens with one attached hydrogen (secondary N) is 1. The van der Waals surface area contributed by atoms with Crippen LogP contribution < -0.4 is 15.8 Å². The van der Waals surface area contributed by atoms with Gasteiger partial charge in [0, 0.05) is 12.2 Å². The molecule has 21 heavy (non-hydrogen) atoms. The van der Waals surface area contributed by atoms with E-state index in [1.807, 2.05) is 12.1 Å². The van der Waals surface area contributed by atoms with Gasteiger partial charge in [-0.05, 0) is 36.4 Å². The summed E-state index contributed by atoms with van der Waals surface area (Å²) in [5.41, 5.74) is 7.04. The number of carbonyl (C=O) groups is 1. The van der Waals surface area contributed by atoms with Crippen LogP contribution in [0.1, 0.15) is 15.9 Å². The van der Waals surface area contributed by atoms with Crippen LogP contribution in [0.4, 0.5) is 5.69 Å². The Balaban J connectivity index is 1.85. The third-order valence-electron chi connectivity index (χ3n) is 2.86. The molecular weight excluding hydrogens is 266 g/mol. The second-order valence-corrected chi connectivity index (χ2v) is 4.32. The van der Waals surface area contributed by atoms with Crippen LogP contribution in [-0.4, -0.2) is 19.1 Å².